The predicted octanol–water partition coefficient (Wildman–Crippen LogP) is 3.01. The highest BCUT2D eigenvalue weighted by Gasteiger charge is 2.34. The smallest absolute Gasteiger partial charge is 0.309 e. The number of carbonyl (C=O) groups is 3. The van der Waals surface area contributed by atoms with E-state index in [2.05, 4.69) is 9.71 Å². The lowest BCUT2D eigenvalue weighted by Gasteiger charge is -2.32. The van der Waals surface area contributed by atoms with Crippen molar-refractivity contribution < 1.29 is 27.5 Å². The number of esters is 1. The molecule has 0 aliphatic carbocycles. The van der Waals surface area contributed by atoms with Gasteiger partial charge in [0.1, 0.15) is 4.90 Å². The van der Waals surface area contributed by atoms with Crippen LogP contribution in [-0.2, 0) is 24.3 Å². The second-order valence-electron chi connectivity index (χ2n) is 8.55. The first-order valence-corrected chi connectivity index (χ1v) is 13.0. The molecule has 0 radical (unpaired) electrons. The number of amides is 1. The molecule has 184 valence electrons. The third kappa shape index (κ3) is 5.59. The van der Waals surface area contributed by atoms with Crippen LogP contribution < -0.4 is 5.32 Å². The molecule has 9 nitrogen and oxygen atoms in total. The Morgan fingerprint density at radius 2 is 1.74 bits per heavy atom. The topological polar surface area (TPSA) is 122 Å². The summed E-state index contributed by atoms with van der Waals surface area (Å²) in [5, 5.41) is 2.75. The Bertz CT molecular complexity index is 1260. The number of Topliss-reactive ketones (excluding diaryl/α,β-unsaturated/α-hetero) is 1. The molecule has 0 saturated carbocycles. The zero-order valence-corrected chi connectivity index (χ0v) is 20.2. The zero-order chi connectivity index (χ0) is 25.0. The SMILES string of the molecule is CCCC(=O)Nc1ccc(C(=O)COC(=O)C2CCN(C3=NS(=O)(=O)c4ccccc43)CC2)cc1. The summed E-state index contributed by atoms with van der Waals surface area (Å²) in [6.45, 7) is 2.48. The molecule has 35 heavy (non-hydrogen) atoms. The third-order valence-electron chi connectivity index (χ3n) is 6.05. The Balaban J connectivity index is 1.27. The average molecular weight is 498 g/mol. The molecule has 0 aromatic heterocycles. The van der Waals surface area contributed by atoms with E-state index in [1.807, 2.05) is 11.8 Å². The van der Waals surface area contributed by atoms with Crippen LogP contribution in [0.5, 0.6) is 0 Å². The first kappa shape index (κ1) is 24.6. The van der Waals surface area contributed by atoms with Gasteiger partial charge < -0.3 is 15.0 Å². The Labute approximate surface area is 204 Å². The van der Waals surface area contributed by atoms with Crippen molar-refractivity contribution in [2.24, 2.45) is 10.3 Å². The molecular formula is C25H27N3O6S. The van der Waals surface area contributed by atoms with Crippen LogP contribution in [0.25, 0.3) is 0 Å². The van der Waals surface area contributed by atoms with Crippen LogP contribution >= 0.6 is 0 Å². The van der Waals surface area contributed by atoms with E-state index in [0.717, 1.165) is 6.42 Å². The van der Waals surface area contributed by atoms with E-state index in [9.17, 15) is 22.8 Å². The number of benzene rings is 2. The van der Waals surface area contributed by atoms with Gasteiger partial charge in [-0.15, -0.1) is 4.40 Å². The Morgan fingerprint density at radius 1 is 1.06 bits per heavy atom. The van der Waals surface area contributed by atoms with E-state index < -0.39 is 16.0 Å². The molecule has 1 amide bonds. The highest BCUT2D eigenvalue weighted by atomic mass is 32.2. The lowest BCUT2D eigenvalue weighted by molar-refractivity contribution is -0.148. The Morgan fingerprint density at radius 3 is 2.43 bits per heavy atom. The molecular weight excluding hydrogens is 470 g/mol. The van der Waals surface area contributed by atoms with E-state index in [4.69, 9.17) is 4.74 Å². The highest BCUT2D eigenvalue weighted by molar-refractivity contribution is 7.90. The van der Waals surface area contributed by atoms with Crippen LogP contribution in [0, 0.1) is 5.92 Å². The highest BCUT2D eigenvalue weighted by Crippen LogP contribution is 2.30. The van der Waals surface area contributed by atoms with Gasteiger partial charge in [0, 0.05) is 36.3 Å². The quantitative estimate of drug-likeness (QED) is 0.461. The van der Waals surface area contributed by atoms with Crippen molar-refractivity contribution in [3.63, 3.8) is 0 Å². The Hall–Kier alpha value is -3.53. The van der Waals surface area contributed by atoms with Gasteiger partial charge in [0.05, 0.1) is 5.92 Å². The van der Waals surface area contributed by atoms with Crippen molar-refractivity contribution in [1.82, 2.24) is 4.90 Å². The molecule has 2 aromatic rings. The summed E-state index contributed by atoms with van der Waals surface area (Å²) in [5.74, 6) is -0.814. The molecule has 0 spiro atoms. The fourth-order valence-corrected chi connectivity index (χ4v) is 5.40. The van der Waals surface area contributed by atoms with Gasteiger partial charge in [0.15, 0.2) is 18.2 Å². The molecule has 0 atom stereocenters. The number of rotatable bonds is 7. The van der Waals surface area contributed by atoms with E-state index in [0.29, 0.717) is 55.0 Å². The number of amidine groups is 1. The van der Waals surface area contributed by atoms with Crippen molar-refractivity contribution in [1.29, 1.82) is 0 Å². The number of piperidine rings is 1. The largest absolute Gasteiger partial charge is 0.457 e. The van der Waals surface area contributed by atoms with Crippen LogP contribution in [0.4, 0.5) is 5.69 Å². The summed E-state index contributed by atoms with van der Waals surface area (Å²) in [7, 11) is -3.69. The monoisotopic (exact) mass is 497 g/mol. The number of hydrogen-bond acceptors (Lipinski definition) is 7. The summed E-state index contributed by atoms with van der Waals surface area (Å²) in [4.78, 5) is 38.7. The second kappa shape index (κ2) is 10.4. The lowest BCUT2D eigenvalue weighted by atomic mass is 9.96. The standard InChI is InChI=1S/C25H27N3O6S/c1-2-5-23(30)26-19-10-8-17(9-11-19)21(29)16-34-25(31)18-12-14-28(15-13-18)24-20-6-3-4-7-22(20)35(32,33)27-24/h3-4,6-11,18H,2,5,12-16H2,1H3,(H,26,30). The van der Waals surface area contributed by atoms with E-state index >= 15 is 0 Å². The van der Waals surface area contributed by atoms with Crippen molar-refractivity contribution in [2.45, 2.75) is 37.5 Å². The number of nitrogens with zero attached hydrogens (tertiary/aromatic N) is 2. The number of likely N-dealkylation sites (tertiary alicyclic amines) is 1. The van der Waals surface area contributed by atoms with Crippen molar-refractivity contribution in [2.75, 3.05) is 25.0 Å². The van der Waals surface area contributed by atoms with Crippen LogP contribution in [-0.4, -0.2) is 56.5 Å². The molecule has 2 aliphatic rings. The van der Waals surface area contributed by atoms with Crippen molar-refractivity contribution in [3.8, 4) is 0 Å². The van der Waals surface area contributed by atoms with Crippen LogP contribution in [0.2, 0.25) is 0 Å². The van der Waals surface area contributed by atoms with E-state index in [-0.39, 0.29) is 29.1 Å². The van der Waals surface area contributed by atoms with Crippen LogP contribution in [0.3, 0.4) is 0 Å². The molecule has 1 saturated heterocycles. The second-order valence-corrected chi connectivity index (χ2v) is 10.1. The minimum absolute atomic E-state index is 0.0857. The van der Waals surface area contributed by atoms with Crippen molar-refractivity contribution in [3.05, 3.63) is 59.7 Å². The van der Waals surface area contributed by atoms with Gasteiger partial charge in [0.25, 0.3) is 10.0 Å². The fraction of sp³-hybridized carbons (Fsp3) is 0.360. The minimum atomic E-state index is -3.69. The molecule has 0 bridgehead atoms. The number of nitrogens with one attached hydrogen (secondary N) is 1. The van der Waals surface area contributed by atoms with Gasteiger partial charge in [0.2, 0.25) is 5.91 Å². The van der Waals surface area contributed by atoms with Gasteiger partial charge in [-0.05, 0) is 55.7 Å². The number of hydrogen-bond donors (Lipinski definition) is 1. The van der Waals surface area contributed by atoms with Crippen LogP contribution in [0.1, 0.15) is 48.5 Å². The van der Waals surface area contributed by atoms with Crippen molar-refractivity contribution >= 4 is 39.2 Å². The summed E-state index contributed by atoms with van der Waals surface area (Å²) >= 11 is 0. The van der Waals surface area contributed by atoms with Gasteiger partial charge in [-0.25, -0.2) is 0 Å². The molecule has 4 rings (SSSR count). The van der Waals surface area contributed by atoms with E-state index in [1.165, 1.54) is 0 Å². The molecule has 1 fully saturated rings. The number of ether oxygens (including phenoxy) is 1. The maximum absolute atomic E-state index is 12.5. The molecule has 2 heterocycles. The Kier molecular flexibility index (Phi) is 7.30. The van der Waals surface area contributed by atoms with Crippen LogP contribution in [0.15, 0.2) is 57.8 Å². The number of anilines is 1. The van der Waals surface area contributed by atoms with Gasteiger partial charge in [-0.2, -0.15) is 8.42 Å². The molecule has 2 aliphatic heterocycles. The van der Waals surface area contributed by atoms with Gasteiger partial charge in [-0.3, -0.25) is 14.4 Å². The maximum Gasteiger partial charge on any atom is 0.309 e. The number of fused-ring (bicyclic) bond motifs is 1. The summed E-state index contributed by atoms with van der Waals surface area (Å²) in [5.41, 5.74) is 1.57. The lowest BCUT2D eigenvalue weighted by Crippen LogP contribution is -2.40. The minimum Gasteiger partial charge on any atom is -0.457 e. The first-order chi connectivity index (χ1) is 16.8. The summed E-state index contributed by atoms with van der Waals surface area (Å²) in [6.07, 6.45) is 2.12. The molecule has 10 heteroatoms. The van der Waals surface area contributed by atoms with E-state index in [1.54, 1.807) is 48.5 Å². The molecule has 1 N–H and O–H groups in total. The molecule has 2 aromatic carbocycles. The first-order valence-electron chi connectivity index (χ1n) is 11.6. The number of carbonyl (C=O) groups excluding carboxylic acids is 3. The number of sulfonamides is 1. The van der Waals surface area contributed by atoms with Gasteiger partial charge in [-0.1, -0.05) is 19.1 Å². The molecule has 0 unspecified atom stereocenters. The van der Waals surface area contributed by atoms with Gasteiger partial charge >= 0.3 is 5.97 Å². The predicted molar refractivity (Wildman–Crippen MR) is 130 cm³/mol. The third-order valence-corrected chi connectivity index (χ3v) is 7.38. The summed E-state index contributed by atoms with van der Waals surface area (Å²) in [6, 6.07) is 13.2. The average Bonchev–Trinajstić information content (AvgIpc) is 3.14. The fourth-order valence-electron chi connectivity index (χ4n) is 4.17. The number of ketones is 1. The zero-order valence-electron chi connectivity index (χ0n) is 19.4. The normalized spacial score (nSPS) is 16.8. The summed E-state index contributed by atoms with van der Waals surface area (Å²) < 4.78 is 33.8. The maximum atomic E-state index is 12.5.